The number of carbonyl (C=O) groups excluding carboxylic acids is 2. The number of ether oxygens (including phenoxy) is 1. The lowest BCUT2D eigenvalue weighted by atomic mass is 9.99. The van der Waals surface area contributed by atoms with Crippen molar-refractivity contribution in [3.63, 3.8) is 0 Å². The number of rotatable bonds is 1. The van der Waals surface area contributed by atoms with Crippen LogP contribution in [-0.4, -0.2) is 47.5 Å². The number of carbonyl (C=O) groups is 2. The van der Waals surface area contributed by atoms with E-state index in [4.69, 9.17) is 4.74 Å². The minimum atomic E-state index is -0.584. The average molecular weight is 280 g/mol. The van der Waals surface area contributed by atoms with Gasteiger partial charge in [-0.05, 0) is 33.6 Å². The molecule has 1 aliphatic carbocycles. The molecule has 0 aromatic heterocycles. The molecule has 2 rings (SSSR count). The van der Waals surface area contributed by atoms with Gasteiger partial charge in [0.15, 0.2) is 0 Å². The van der Waals surface area contributed by atoms with Crippen LogP contribution in [0.25, 0.3) is 0 Å². The Balaban J connectivity index is 2.26. The molecule has 112 valence electrons. The van der Waals surface area contributed by atoms with Gasteiger partial charge in [-0.1, -0.05) is 6.42 Å². The van der Waals surface area contributed by atoms with E-state index in [1.54, 1.807) is 0 Å². The molecule has 0 radical (unpaired) electrons. The summed E-state index contributed by atoms with van der Waals surface area (Å²) in [5, 5.41) is 0. The molecule has 0 spiro atoms. The van der Waals surface area contributed by atoms with E-state index < -0.39 is 11.7 Å². The molecule has 1 saturated carbocycles. The average Bonchev–Trinajstić information content (AvgIpc) is 2.79. The summed E-state index contributed by atoms with van der Waals surface area (Å²) in [6.45, 7) is 5.44. The van der Waals surface area contributed by atoms with Gasteiger partial charge in [-0.15, -0.1) is 0 Å². The molecule has 2 fully saturated rings. The summed E-state index contributed by atoms with van der Waals surface area (Å²) >= 11 is 0. The van der Waals surface area contributed by atoms with Crippen LogP contribution in [0.2, 0.25) is 0 Å². The number of amides is 2. The first kappa shape index (κ1) is 14.9. The molecule has 2 atom stereocenters. The van der Waals surface area contributed by atoms with Gasteiger partial charge in [-0.2, -0.15) is 0 Å². The van der Waals surface area contributed by atoms with Crippen LogP contribution >= 0.6 is 0 Å². The number of nitrogens with zero attached hydrogens (tertiary/aromatic N) is 2. The van der Waals surface area contributed by atoms with E-state index in [9.17, 15) is 9.59 Å². The highest BCUT2D eigenvalue weighted by atomic mass is 16.6. The number of fused-ring (bicyclic) bond motifs is 1. The molecule has 0 aromatic rings. The Hall–Kier alpha value is -1.52. The topological polar surface area (TPSA) is 49.9 Å². The SMILES string of the molecule is CN(C)C=C1C(=O)N(C(=O)OC(C)(C)C)C2CCCC12. The summed E-state index contributed by atoms with van der Waals surface area (Å²) in [4.78, 5) is 28.0. The Kier molecular flexibility index (Phi) is 3.80. The van der Waals surface area contributed by atoms with E-state index >= 15 is 0 Å². The highest BCUT2D eigenvalue weighted by Gasteiger charge is 2.50. The van der Waals surface area contributed by atoms with Gasteiger partial charge in [0.1, 0.15) is 5.60 Å². The molecule has 0 aromatic carbocycles. The molecule has 1 heterocycles. The maximum Gasteiger partial charge on any atom is 0.417 e. The van der Waals surface area contributed by atoms with Crippen molar-refractivity contribution in [1.82, 2.24) is 9.80 Å². The van der Waals surface area contributed by atoms with Crippen molar-refractivity contribution in [2.45, 2.75) is 51.7 Å². The van der Waals surface area contributed by atoms with Gasteiger partial charge >= 0.3 is 6.09 Å². The largest absolute Gasteiger partial charge is 0.443 e. The van der Waals surface area contributed by atoms with E-state index in [2.05, 4.69) is 0 Å². The van der Waals surface area contributed by atoms with Crippen LogP contribution in [-0.2, 0) is 9.53 Å². The molecule has 0 N–H and O–H groups in total. The smallest absolute Gasteiger partial charge is 0.417 e. The standard InChI is InChI=1S/C15H24N2O3/c1-15(2,3)20-14(19)17-12-8-6-7-10(12)11(13(17)18)9-16(4)5/h9-10,12H,6-8H2,1-5H3. The monoisotopic (exact) mass is 280 g/mol. The Bertz CT molecular complexity index is 449. The maximum absolute atomic E-state index is 12.5. The molecule has 2 unspecified atom stereocenters. The second kappa shape index (κ2) is 5.11. The lowest BCUT2D eigenvalue weighted by Crippen LogP contribution is -2.42. The summed E-state index contributed by atoms with van der Waals surface area (Å²) in [6.07, 6.45) is 4.22. The minimum Gasteiger partial charge on any atom is -0.443 e. The summed E-state index contributed by atoms with van der Waals surface area (Å²) in [5.41, 5.74) is 0.155. The Morgan fingerprint density at radius 3 is 2.55 bits per heavy atom. The van der Waals surface area contributed by atoms with Crippen molar-refractivity contribution in [3.8, 4) is 0 Å². The minimum absolute atomic E-state index is 0.0245. The van der Waals surface area contributed by atoms with Gasteiger partial charge in [0.2, 0.25) is 0 Å². The van der Waals surface area contributed by atoms with Crippen LogP contribution in [0.5, 0.6) is 0 Å². The van der Waals surface area contributed by atoms with Gasteiger partial charge in [0, 0.05) is 31.8 Å². The van der Waals surface area contributed by atoms with Gasteiger partial charge in [0.05, 0.1) is 6.04 Å². The quantitative estimate of drug-likeness (QED) is 0.692. The van der Waals surface area contributed by atoms with Gasteiger partial charge in [0.25, 0.3) is 5.91 Å². The zero-order valence-electron chi connectivity index (χ0n) is 13.0. The van der Waals surface area contributed by atoms with Crippen molar-refractivity contribution in [1.29, 1.82) is 0 Å². The van der Waals surface area contributed by atoms with Crippen molar-refractivity contribution in [2.75, 3.05) is 14.1 Å². The van der Waals surface area contributed by atoms with Crippen LogP contribution in [0, 0.1) is 5.92 Å². The summed E-state index contributed by atoms with van der Waals surface area (Å²) < 4.78 is 5.38. The number of likely N-dealkylation sites (tertiary alicyclic amines) is 1. The van der Waals surface area contributed by atoms with Gasteiger partial charge in [-0.25, -0.2) is 9.69 Å². The van der Waals surface area contributed by atoms with E-state index in [0.717, 1.165) is 24.8 Å². The molecule has 2 amide bonds. The molecule has 5 nitrogen and oxygen atoms in total. The fourth-order valence-corrected chi connectivity index (χ4v) is 3.02. The Morgan fingerprint density at radius 1 is 1.35 bits per heavy atom. The van der Waals surface area contributed by atoms with Crippen molar-refractivity contribution in [2.24, 2.45) is 5.92 Å². The number of hydrogen-bond donors (Lipinski definition) is 0. The first-order chi connectivity index (χ1) is 9.20. The molecule has 1 aliphatic heterocycles. The van der Waals surface area contributed by atoms with Crippen molar-refractivity contribution in [3.05, 3.63) is 11.8 Å². The molecule has 5 heteroatoms. The fraction of sp³-hybridized carbons (Fsp3) is 0.733. The van der Waals surface area contributed by atoms with Crippen LogP contribution in [0.1, 0.15) is 40.0 Å². The second-order valence-corrected chi connectivity index (χ2v) is 6.81. The zero-order chi connectivity index (χ0) is 15.1. The normalized spacial score (nSPS) is 27.9. The van der Waals surface area contributed by atoms with E-state index in [1.807, 2.05) is 46.0 Å². The van der Waals surface area contributed by atoms with Crippen molar-refractivity contribution >= 4 is 12.0 Å². The van der Waals surface area contributed by atoms with Gasteiger partial charge in [-0.3, -0.25) is 4.79 Å². The molecular weight excluding hydrogens is 256 g/mol. The maximum atomic E-state index is 12.5. The van der Waals surface area contributed by atoms with Crippen LogP contribution in [0.3, 0.4) is 0 Å². The van der Waals surface area contributed by atoms with Crippen LogP contribution in [0.4, 0.5) is 4.79 Å². The highest BCUT2D eigenvalue weighted by Crippen LogP contribution is 2.42. The summed E-state index contributed by atoms with van der Waals surface area (Å²) in [5.74, 6) is -0.0277. The van der Waals surface area contributed by atoms with E-state index in [-0.39, 0.29) is 17.9 Å². The third-order valence-corrected chi connectivity index (χ3v) is 3.66. The fourth-order valence-electron chi connectivity index (χ4n) is 3.02. The number of hydrogen-bond acceptors (Lipinski definition) is 4. The third-order valence-electron chi connectivity index (χ3n) is 3.66. The first-order valence-corrected chi connectivity index (χ1v) is 7.15. The van der Waals surface area contributed by atoms with Crippen LogP contribution < -0.4 is 0 Å². The van der Waals surface area contributed by atoms with Crippen molar-refractivity contribution < 1.29 is 14.3 Å². The van der Waals surface area contributed by atoms with E-state index in [0.29, 0.717) is 0 Å². The zero-order valence-corrected chi connectivity index (χ0v) is 13.0. The predicted molar refractivity (Wildman–Crippen MR) is 76.0 cm³/mol. The predicted octanol–water partition coefficient (Wildman–Crippen LogP) is 2.38. The Labute approximate surface area is 120 Å². The number of imide groups is 1. The Morgan fingerprint density at radius 2 is 2.00 bits per heavy atom. The molecule has 0 bridgehead atoms. The van der Waals surface area contributed by atoms with E-state index in [1.165, 1.54) is 4.90 Å². The highest BCUT2D eigenvalue weighted by molar-refractivity contribution is 6.05. The van der Waals surface area contributed by atoms with Crippen LogP contribution in [0.15, 0.2) is 11.8 Å². The van der Waals surface area contributed by atoms with Gasteiger partial charge < -0.3 is 9.64 Å². The molecule has 20 heavy (non-hydrogen) atoms. The lowest BCUT2D eigenvalue weighted by molar-refractivity contribution is -0.125. The molecule has 1 saturated heterocycles. The summed E-state index contributed by atoms with van der Waals surface area (Å²) in [7, 11) is 3.78. The second-order valence-electron chi connectivity index (χ2n) is 6.81. The third kappa shape index (κ3) is 2.81. The molecular formula is C15H24N2O3. The molecule has 2 aliphatic rings. The lowest BCUT2D eigenvalue weighted by Gasteiger charge is -2.26. The first-order valence-electron chi connectivity index (χ1n) is 7.15. The summed E-state index contributed by atoms with van der Waals surface area (Å²) in [6, 6.07) is -0.0245.